The molecule has 0 unspecified atom stereocenters. The Morgan fingerprint density at radius 3 is 2.35 bits per heavy atom. The molecule has 0 radical (unpaired) electrons. The molecule has 0 spiro atoms. The number of ether oxygens (including phenoxy) is 1. The molecule has 90 valence electrons. The zero-order valence-electron chi connectivity index (χ0n) is 8.87. The van der Waals surface area contributed by atoms with Crippen molar-refractivity contribution in [2.45, 2.75) is 25.4 Å². The first kappa shape index (κ1) is 11.3. The van der Waals surface area contributed by atoms with Gasteiger partial charge in [-0.15, -0.1) is 0 Å². The van der Waals surface area contributed by atoms with Gasteiger partial charge in [0.15, 0.2) is 0 Å². The largest absolute Gasteiger partial charge is 0.483 e. The van der Waals surface area contributed by atoms with E-state index in [-0.39, 0.29) is 11.9 Å². The van der Waals surface area contributed by atoms with Gasteiger partial charge in [0.05, 0.1) is 16.0 Å². The fourth-order valence-corrected chi connectivity index (χ4v) is 1.60. The van der Waals surface area contributed by atoms with Gasteiger partial charge in [0.1, 0.15) is 0 Å². The number of hydrogen-bond donors (Lipinski definition) is 0. The highest BCUT2D eigenvalue weighted by atomic mass is 16.6. The molecule has 17 heavy (non-hydrogen) atoms. The first-order valence-corrected chi connectivity index (χ1v) is 5.18. The molecule has 2 rings (SSSR count). The first-order valence-electron chi connectivity index (χ1n) is 5.18. The summed E-state index contributed by atoms with van der Waals surface area (Å²) in [7, 11) is 0. The van der Waals surface area contributed by atoms with E-state index in [4.69, 9.17) is 4.74 Å². The summed E-state index contributed by atoms with van der Waals surface area (Å²) < 4.78 is 5.39. The standard InChI is InChI=1S/C10H10N2O5/c13-11(14)8-5-2-6-9(10(8)12(15)16)17-7-3-1-4-7/h2,5-7H,1,3-4H2. The van der Waals surface area contributed by atoms with E-state index in [1.54, 1.807) is 0 Å². The second-order valence-electron chi connectivity index (χ2n) is 3.81. The van der Waals surface area contributed by atoms with Crippen LogP contribution in [0.3, 0.4) is 0 Å². The van der Waals surface area contributed by atoms with Gasteiger partial charge in [-0.1, -0.05) is 6.07 Å². The maximum atomic E-state index is 10.9. The van der Waals surface area contributed by atoms with Gasteiger partial charge in [-0.2, -0.15) is 0 Å². The van der Waals surface area contributed by atoms with Gasteiger partial charge in [-0.25, -0.2) is 0 Å². The van der Waals surface area contributed by atoms with Crippen LogP contribution in [0.1, 0.15) is 19.3 Å². The number of rotatable bonds is 4. The van der Waals surface area contributed by atoms with Crippen LogP contribution in [-0.4, -0.2) is 16.0 Å². The van der Waals surface area contributed by atoms with Crippen molar-refractivity contribution in [1.29, 1.82) is 0 Å². The van der Waals surface area contributed by atoms with E-state index < -0.39 is 21.2 Å². The van der Waals surface area contributed by atoms with Gasteiger partial charge in [0.25, 0.3) is 0 Å². The lowest BCUT2D eigenvalue weighted by molar-refractivity contribution is -0.423. The average molecular weight is 238 g/mol. The second-order valence-corrected chi connectivity index (χ2v) is 3.81. The molecule has 0 N–H and O–H groups in total. The Labute approximate surface area is 96.3 Å². The number of benzene rings is 1. The lowest BCUT2D eigenvalue weighted by atomic mass is 9.96. The quantitative estimate of drug-likeness (QED) is 0.592. The minimum Gasteiger partial charge on any atom is -0.483 e. The molecule has 0 heterocycles. The number of nitrogens with zero attached hydrogens (tertiary/aromatic N) is 2. The predicted octanol–water partition coefficient (Wildman–Crippen LogP) is 2.43. The molecule has 1 aromatic rings. The fraction of sp³-hybridized carbons (Fsp3) is 0.400. The highest BCUT2D eigenvalue weighted by Gasteiger charge is 2.31. The Bertz CT molecular complexity index is 470. The molecule has 7 nitrogen and oxygen atoms in total. The summed E-state index contributed by atoms with van der Waals surface area (Å²) in [6, 6.07) is 3.88. The Balaban J connectivity index is 2.38. The fourth-order valence-electron chi connectivity index (χ4n) is 1.60. The Morgan fingerprint density at radius 1 is 1.18 bits per heavy atom. The molecule has 0 amide bonds. The number of hydrogen-bond acceptors (Lipinski definition) is 5. The van der Waals surface area contributed by atoms with Crippen molar-refractivity contribution in [3.63, 3.8) is 0 Å². The summed E-state index contributed by atoms with van der Waals surface area (Å²) in [5.74, 6) is -0.0195. The monoisotopic (exact) mass is 238 g/mol. The lowest BCUT2D eigenvalue weighted by Gasteiger charge is -2.25. The zero-order chi connectivity index (χ0) is 12.4. The summed E-state index contributed by atoms with van der Waals surface area (Å²) in [4.78, 5) is 20.0. The van der Waals surface area contributed by atoms with Crippen molar-refractivity contribution in [3.8, 4) is 5.75 Å². The molecule has 0 atom stereocenters. The molecular formula is C10H10N2O5. The van der Waals surface area contributed by atoms with E-state index in [0.717, 1.165) is 25.3 Å². The van der Waals surface area contributed by atoms with Crippen LogP contribution in [0.5, 0.6) is 5.75 Å². The summed E-state index contributed by atoms with van der Waals surface area (Å²) in [6.07, 6.45) is 2.63. The maximum absolute atomic E-state index is 10.9. The smallest absolute Gasteiger partial charge is 0.387 e. The van der Waals surface area contributed by atoms with E-state index in [2.05, 4.69) is 0 Å². The molecule has 0 aliphatic heterocycles. The van der Waals surface area contributed by atoms with E-state index in [9.17, 15) is 20.2 Å². The molecule has 1 saturated carbocycles. The predicted molar refractivity (Wildman–Crippen MR) is 58.0 cm³/mol. The van der Waals surface area contributed by atoms with E-state index in [1.165, 1.54) is 12.1 Å². The molecule has 1 aromatic carbocycles. The van der Waals surface area contributed by atoms with Crippen LogP contribution in [0.15, 0.2) is 18.2 Å². The van der Waals surface area contributed by atoms with Crippen molar-refractivity contribution >= 4 is 11.4 Å². The maximum Gasteiger partial charge on any atom is 0.387 e. The lowest BCUT2D eigenvalue weighted by Crippen LogP contribution is -2.25. The topological polar surface area (TPSA) is 95.5 Å². The van der Waals surface area contributed by atoms with Gasteiger partial charge in [-0.3, -0.25) is 20.2 Å². The van der Waals surface area contributed by atoms with Crippen LogP contribution in [0.4, 0.5) is 11.4 Å². The molecule has 1 aliphatic carbocycles. The average Bonchev–Trinajstić information content (AvgIpc) is 2.22. The van der Waals surface area contributed by atoms with Crippen LogP contribution in [0, 0.1) is 20.2 Å². The normalized spacial score (nSPS) is 15.1. The zero-order valence-corrected chi connectivity index (χ0v) is 8.87. The van der Waals surface area contributed by atoms with Crippen LogP contribution in [0.2, 0.25) is 0 Å². The summed E-state index contributed by atoms with van der Waals surface area (Å²) >= 11 is 0. The van der Waals surface area contributed by atoms with Crippen LogP contribution < -0.4 is 4.74 Å². The van der Waals surface area contributed by atoms with Gasteiger partial charge in [0, 0.05) is 6.07 Å². The van der Waals surface area contributed by atoms with Crippen LogP contribution >= 0.6 is 0 Å². The molecule has 0 aromatic heterocycles. The molecule has 0 saturated heterocycles. The Kier molecular flexibility index (Phi) is 2.90. The SMILES string of the molecule is O=[N+]([O-])c1cccc(OC2CCC2)c1[N+](=O)[O-]. The van der Waals surface area contributed by atoms with E-state index >= 15 is 0 Å². The minimum absolute atomic E-state index is 0.0195. The molecule has 1 aliphatic rings. The third-order valence-corrected chi connectivity index (χ3v) is 2.70. The molecular weight excluding hydrogens is 228 g/mol. The summed E-state index contributed by atoms with van der Waals surface area (Å²) in [5, 5.41) is 21.5. The van der Waals surface area contributed by atoms with E-state index in [0.29, 0.717) is 0 Å². The number of para-hydroxylation sites is 1. The van der Waals surface area contributed by atoms with Crippen molar-refractivity contribution < 1.29 is 14.6 Å². The van der Waals surface area contributed by atoms with Crippen LogP contribution in [0.25, 0.3) is 0 Å². The minimum atomic E-state index is -0.772. The van der Waals surface area contributed by atoms with Gasteiger partial charge in [0.2, 0.25) is 5.75 Å². The van der Waals surface area contributed by atoms with Crippen molar-refractivity contribution in [2.24, 2.45) is 0 Å². The Morgan fingerprint density at radius 2 is 1.88 bits per heavy atom. The summed E-state index contributed by atoms with van der Waals surface area (Å²) in [6.45, 7) is 0. The van der Waals surface area contributed by atoms with Gasteiger partial charge >= 0.3 is 11.4 Å². The highest BCUT2D eigenvalue weighted by Crippen LogP contribution is 2.38. The van der Waals surface area contributed by atoms with Crippen molar-refractivity contribution in [1.82, 2.24) is 0 Å². The third kappa shape index (κ3) is 2.17. The third-order valence-electron chi connectivity index (χ3n) is 2.70. The first-order chi connectivity index (χ1) is 8.09. The van der Waals surface area contributed by atoms with Crippen LogP contribution in [-0.2, 0) is 0 Å². The molecule has 0 bridgehead atoms. The Hall–Kier alpha value is -2.18. The van der Waals surface area contributed by atoms with Crippen molar-refractivity contribution in [3.05, 3.63) is 38.4 Å². The second kappa shape index (κ2) is 4.36. The van der Waals surface area contributed by atoms with E-state index in [1.807, 2.05) is 0 Å². The molecule has 1 fully saturated rings. The number of nitro benzene ring substituents is 2. The summed E-state index contributed by atoms with van der Waals surface area (Å²) in [5.41, 5.74) is -1.10. The van der Waals surface area contributed by atoms with Crippen molar-refractivity contribution in [2.75, 3.05) is 0 Å². The van der Waals surface area contributed by atoms with Gasteiger partial charge in [-0.05, 0) is 25.3 Å². The molecule has 7 heteroatoms. The number of nitro groups is 2. The van der Waals surface area contributed by atoms with Gasteiger partial charge < -0.3 is 4.74 Å². The highest BCUT2D eigenvalue weighted by molar-refractivity contribution is 5.61.